The lowest BCUT2D eigenvalue weighted by atomic mass is 10.1. The summed E-state index contributed by atoms with van der Waals surface area (Å²) in [6.07, 6.45) is 3.68. The second-order valence-electron chi connectivity index (χ2n) is 3.43. The summed E-state index contributed by atoms with van der Waals surface area (Å²) in [5.74, 6) is 0. The topological polar surface area (TPSA) is 13.1 Å². The van der Waals surface area contributed by atoms with Crippen molar-refractivity contribution in [1.82, 2.24) is 0 Å². The summed E-state index contributed by atoms with van der Waals surface area (Å²) in [4.78, 5) is 0. The quantitative estimate of drug-likeness (QED) is 0.673. The van der Waals surface area contributed by atoms with Crippen LogP contribution in [0.4, 0.5) is 0 Å². The van der Waals surface area contributed by atoms with Crippen LogP contribution in [0.3, 0.4) is 0 Å². The van der Waals surface area contributed by atoms with Crippen molar-refractivity contribution in [3.63, 3.8) is 0 Å². The van der Waals surface area contributed by atoms with Gasteiger partial charge in [-0.3, -0.25) is 0 Å². The highest BCUT2D eigenvalue weighted by Gasteiger charge is 2.09. The van der Waals surface area contributed by atoms with Crippen molar-refractivity contribution in [2.45, 2.75) is 33.1 Å². The third kappa shape index (κ3) is 1.09. The van der Waals surface area contributed by atoms with Crippen LogP contribution in [0.2, 0.25) is 0 Å². The van der Waals surface area contributed by atoms with Crippen molar-refractivity contribution in [3.05, 3.63) is 23.3 Å². The Balaban J connectivity index is 2.27. The maximum Gasteiger partial charge on any atom is 0.133 e. The van der Waals surface area contributed by atoms with Crippen LogP contribution in [0, 0.1) is 6.92 Å². The maximum absolute atomic E-state index is 5.54. The summed E-state index contributed by atoms with van der Waals surface area (Å²) in [5.41, 5.74) is 4.84. The Bertz CT molecular complexity index is 359. The van der Waals surface area contributed by atoms with Crippen molar-refractivity contribution < 1.29 is 4.42 Å². The number of fused-ring (bicyclic) bond motifs is 2. The van der Waals surface area contributed by atoms with E-state index in [0.29, 0.717) is 0 Å². The molecule has 0 fully saturated rings. The van der Waals surface area contributed by atoms with E-state index in [-0.39, 0.29) is 0 Å². The molecule has 2 rings (SSSR count). The first kappa shape index (κ1) is 7.66. The normalized spacial score (nSPS) is 11.5. The number of furan rings is 2. The van der Waals surface area contributed by atoms with E-state index in [1.807, 2.05) is 0 Å². The Kier molecular flexibility index (Phi) is 1.80. The highest BCUT2D eigenvalue weighted by molar-refractivity contribution is 5.70. The molecule has 0 aliphatic carbocycles. The number of unbranched alkanes of at least 4 members (excludes halogenated alkanes) is 1. The maximum atomic E-state index is 5.54. The second kappa shape index (κ2) is 2.81. The average molecular weight is 162 g/mol. The first-order valence-corrected chi connectivity index (χ1v) is 4.62. The van der Waals surface area contributed by atoms with E-state index in [1.54, 1.807) is 0 Å². The molecule has 2 bridgehead atoms. The van der Waals surface area contributed by atoms with Gasteiger partial charge in [-0.15, -0.1) is 0 Å². The van der Waals surface area contributed by atoms with Gasteiger partial charge < -0.3 is 4.42 Å². The Morgan fingerprint density at radius 1 is 1.33 bits per heavy atom. The number of rotatable bonds is 3. The molecule has 0 aromatic carbocycles. The van der Waals surface area contributed by atoms with E-state index in [0.717, 1.165) is 11.2 Å². The molecule has 0 aliphatic rings. The van der Waals surface area contributed by atoms with Gasteiger partial charge in [-0.05, 0) is 43.0 Å². The van der Waals surface area contributed by atoms with Gasteiger partial charge in [-0.25, -0.2) is 0 Å². The van der Waals surface area contributed by atoms with Crippen LogP contribution in [0.25, 0.3) is 11.2 Å². The van der Waals surface area contributed by atoms with Gasteiger partial charge in [-0.1, -0.05) is 13.3 Å². The van der Waals surface area contributed by atoms with E-state index >= 15 is 0 Å². The third-order valence-corrected chi connectivity index (χ3v) is 2.34. The molecular weight excluding hydrogens is 148 g/mol. The van der Waals surface area contributed by atoms with Crippen LogP contribution in [0.1, 0.15) is 30.9 Å². The summed E-state index contributed by atoms with van der Waals surface area (Å²) >= 11 is 0. The monoisotopic (exact) mass is 162 g/mol. The van der Waals surface area contributed by atoms with Crippen LogP contribution in [0.15, 0.2) is 16.5 Å². The minimum atomic E-state index is 1.04. The molecule has 0 amide bonds. The van der Waals surface area contributed by atoms with Gasteiger partial charge >= 0.3 is 0 Å². The second-order valence-corrected chi connectivity index (χ2v) is 3.43. The van der Waals surface area contributed by atoms with Crippen molar-refractivity contribution in [3.8, 4) is 0 Å². The Morgan fingerprint density at radius 2 is 2.17 bits per heavy atom. The molecule has 2 aromatic heterocycles. The number of hydrogen-bond acceptors (Lipinski definition) is 1. The molecule has 0 radical (unpaired) electrons. The summed E-state index contributed by atoms with van der Waals surface area (Å²) in [6, 6.07) is 4.27. The molecule has 1 heteroatoms. The van der Waals surface area contributed by atoms with Gasteiger partial charge in [-0.2, -0.15) is 0 Å². The summed E-state index contributed by atoms with van der Waals surface area (Å²) in [6.45, 7) is 4.33. The molecule has 0 saturated carbocycles. The highest BCUT2D eigenvalue weighted by Crippen LogP contribution is 2.27. The fourth-order valence-corrected chi connectivity index (χ4v) is 1.69. The molecule has 0 N–H and O–H groups in total. The Morgan fingerprint density at radius 3 is 2.75 bits per heavy atom. The molecule has 1 nitrogen and oxygen atoms in total. The Hall–Kier alpha value is -0.980. The molecule has 64 valence electrons. The van der Waals surface area contributed by atoms with Crippen molar-refractivity contribution in [2.75, 3.05) is 0 Å². The predicted molar refractivity (Wildman–Crippen MR) is 50.7 cm³/mol. The number of benzene rings is 1. The highest BCUT2D eigenvalue weighted by atomic mass is 16.3. The molecule has 0 aliphatic heterocycles. The molecule has 0 spiro atoms. The minimum absolute atomic E-state index is 1.04. The molecule has 2 aromatic rings. The smallest absolute Gasteiger partial charge is 0.133 e. The van der Waals surface area contributed by atoms with Crippen LogP contribution in [-0.2, 0) is 6.42 Å². The zero-order valence-electron chi connectivity index (χ0n) is 7.68. The van der Waals surface area contributed by atoms with E-state index in [9.17, 15) is 0 Å². The predicted octanol–water partition coefficient (Wildman–Crippen LogP) is 3.52. The fraction of sp³-hybridized carbons (Fsp3) is 0.455. The van der Waals surface area contributed by atoms with Gasteiger partial charge in [0.25, 0.3) is 0 Å². The molecular formula is C11H14O. The lowest BCUT2D eigenvalue weighted by Gasteiger charge is -1.96. The lowest BCUT2D eigenvalue weighted by molar-refractivity contribution is 0.668. The van der Waals surface area contributed by atoms with E-state index in [2.05, 4.69) is 26.0 Å². The standard InChI is InChI=1S/C11H14O/c1-3-4-5-9-7-10-6-8(2)11(9)12-10/h6-7H,3-5H2,1-2H3. The van der Waals surface area contributed by atoms with E-state index in [1.165, 1.54) is 30.4 Å². The molecule has 0 unspecified atom stereocenters. The van der Waals surface area contributed by atoms with Crippen LogP contribution >= 0.6 is 0 Å². The van der Waals surface area contributed by atoms with Crippen molar-refractivity contribution in [1.29, 1.82) is 0 Å². The summed E-state index contributed by atoms with van der Waals surface area (Å²) in [5, 5.41) is 0. The van der Waals surface area contributed by atoms with Crippen molar-refractivity contribution in [2.24, 2.45) is 0 Å². The van der Waals surface area contributed by atoms with Gasteiger partial charge in [0.1, 0.15) is 11.2 Å². The fourth-order valence-electron chi connectivity index (χ4n) is 1.69. The van der Waals surface area contributed by atoms with E-state index < -0.39 is 0 Å². The molecule has 0 atom stereocenters. The van der Waals surface area contributed by atoms with Gasteiger partial charge in [0.05, 0.1) is 0 Å². The largest absolute Gasteiger partial charge is 0.457 e. The summed E-state index contributed by atoms with van der Waals surface area (Å²) in [7, 11) is 0. The van der Waals surface area contributed by atoms with Crippen molar-refractivity contribution >= 4 is 11.2 Å². The minimum Gasteiger partial charge on any atom is -0.457 e. The zero-order chi connectivity index (χ0) is 8.55. The SMILES string of the molecule is CCCCc1cc2cc(C)c1o2. The molecule has 12 heavy (non-hydrogen) atoms. The van der Waals surface area contributed by atoms with E-state index in [4.69, 9.17) is 4.42 Å². The average Bonchev–Trinajstić information content (AvgIpc) is 2.58. The molecule has 2 heterocycles. The number of aryl methyl sites for hydroxylation is 2. The summed E-state index contributed by atoms with van der Waals surface area (Å²) < 4.78 is 5.54. The van der Waals surface area contributed by atoms with Crippen LogP contribution < -0.4 is 0 Å². The van der Waals surface area contributed by atoms with Gasteiger partial charge in [0.2, 0.25) is 0 Å². The third-order valence-electron chi connectivity index (χ3n) is 2.34. The lowest BCUT2D eigenvalue weighted by Crippen LogP contribution is -1.83. The van der Waals surface area contributed by atoms with Gasteiger partial charge in [0.15, 0.2) is 0 Å². The first-order chi connectivity index (χ1) is 5.81. The zero-order valence-corrected chi connectivity index (χ0v) is 7.68. The van der Waals surface area contributed by atoms with Gasteiger partial charge in [0, 0.05) is 0 Å². The van der Waals surface area contributed by atoms with Crippen LogP contribution in [0.5, 0.6) is 0 Å². The van der Waals surface area contributed by atoms with Crippen LogP contribution in [-0.4, -0.2) is 0 Å². The first-order valence-electron chi connectivity index (χ1n) is 4.62. The number of hydrogen-bond donors (Lipinski definition) is 0. The Labute approximate surface area is 72.7 Å². The molecule has 0 saturated heterocycles.